The van der Waals surface area contributed by atoms with Crippen LogP contribution in [0.15, 0.2) is 60.7 Å². The predicted molar refractivity (Wildman–Crippen MR) is 140 cm³/mol. The Morgan fingerprint density at radius 3 is 2.74 bits per heavy atom. The minimum Gasteiger partial charge on any atom is -0.394 e. The molecule has 2 aromatic carbocycles. The van der Waals surface area contributed by atoms with Crippen molar-refractivity contribution in [3.05, 3.63) is 83.2 Å². The summed E-state index contributed by atoms with van der Waals surface area (Å²) in [4.78, 5) is 31.7. The Balaban J connectivity index is 1.51. The van der Waals surface area contributed by atoms with Gasteiger partial charge in [0.25, 0.3) is 5.91 Å². The minimum atomic E-state index is -0.976. The van der Waals surface area contributed by atoms with Gasteiger partial charge < -0.3 is 26.4 Å². The second kappa shape index (κ2) is 12.3. The second-order valence-electron chi connectivity index (χ2n) is 9.03. The third-order valence-corrected chi connectivity index (χ3v) is 6.50. The molecule has 2 amide bonds. The zero-order valence-electron chi connectivity index (χ0n) is 20.7. The van der Waals surface area contributed by atoms with E-state index in [0.29, 0.717) is 54.1 Å². The number of amides is 2. The fourth-order valence-corrected chi connectivity index (χ4v) is 4.29. The number of halogens is 1. The lowest BCUT2D eigenvalue weighted by Crippen LogP contribution is -2.60. The number of anilines is 1. The molecular formula is C28H29FN6O3. The topological polar surface area (TPSA) is 144 Å². The van der Waals surface area contributed by atoms with Crippen LogP contribution in [-0.4, -0.2) is 65.1 Å². The van der Waals surface area contributed by atoms with Crippen molar-refractivity contribution in [2.75, 3.05) is 31.6 Å². The van der Waals surface area contributed by atoms with Crippen LogP contribution in [0, 0.1) is 17.1 Å². The lowest BCUT2D eigenvalue weighted by atomic mass is 10.0. The van der Waals surface area contributed by atoms with Crippen molar-refractivity contribution >= 4 is 17.6 Å². The van der Waals surface area contributed by atoms with Gasteiger partial charge in [0.2, 0.25) is 5.91 Å². The summed E-state index contributed by atoms with van der Waals surface area (Å²) in [6.07, 6.45) is 1.22. The van der Waals surface area contributed by atoms with Gasteiger partial charge >= 0.3 is 0 Å². The van der Waals surface area contributed by atoms with E-state index < -0.39 is 12.6 Å². The van der Waals surface area contributed by atoms with Gasteiger partial charge in [-0.2, -0.15) is 5.26 Å². The molecule has 2 atom stereocenters. The highest BCUT2D eigenvalue weighted by Crippen LogP contribution is 2.25. The van der Waals surface area contributed by atoms with Crippen molar-refractivity contribution in [2.24, 2.45) is 5.73 Å². The molecule has 2 heterocycles. The Labute approximate surface area is 220 Å². The number of likely N-dealkylation sites (tertiary alicyclic amines) is 1. The molecule has 1 saturated heterocycles. The van der Waals surface area contributed by atoms with Crippen molar-refractivity contribution in [3.63, 3.8) is 0 Å². The Hall–Kier alpha value is -4.33. The van der Waals surface area contributed by atoms with E-state index in [0.717, 1.165) is 5.56 Å². The average Bonchev–Trinajstić information content (AvgIpc) is 2.91. The zero-order chi connectivity index (χ0) is 27.1. The lowest BCUT2D eigenvalue weighted by molar-refractivity contribution is -0.141. The number of pyridine rings is 1. The smallest absolute Gasteiger partial charge is 0.255 e. The highest BCUT2D eigenvalue weighted by atomic mass is 19.1. The number of carbonyl (C=O) groups excluding carboxylic acids is 2. The number of aliphatic hydroxyl groups excluding tert-OH is 1. The number of benzene rings is 2. The minimum absolute atomic E-state index is 0.205. The van der Waals surface area contributed by atoms with E-state index in [1.165, 1.54) is 12.1 Å². The molecule has 0 spiro atoms. The Kier molecular flexibility index (Phi) is 8.63. The number of nitrogens with two attached hydrogens (primary N) is 1. The number of aromatic nitrogens is 1. The Morgan fingerprint density at radius 1 is 1.21 bits per heavy atom. The van der Waals surface area contributed by atoms with Crippen LogP contribution in [0.5, 0.6) is 0 Å². The molecule has 1 aromatic heterocycles. The third kappa shape index (κ3) is 6.14. The molecule has 0 radical (unpaired) electrons. The number of hydrogen-bond donors (Lipinski definition) is 4. The molecule has 0 bridgehead atoms. The van der Waals surface area contributed by atoms with Crippen LogP contribution >= 0.6 is 0 Å². The summed E-state index contributed by atoms with van der Waals surface area (Å²) >= 11 is 0. The summed E-state index contributed by atoms with van der Waals surface area (Å²) in [5, 5.41) is 24.7. The number of aliphatic hydroxyl groups is 1. The Bertz CT molecular complexity index is 1360. The molecule has 1 fully saturated rings. The van der Waals surface area contributed by atoms with Gasteiger partial charge in [-0.05, 0) is 48.7 Å². The van der Waals surface area contributed by atoms with E-state index in [9.17, 15) is 19.2 Å². The molecule has 3 aromatic rings. The summed E-state index contributed by atoms with van der Waals surface area (Å²) in [6.45, 7) is 0.703. The first kappa shape index (κ1) is 26.7. The molecule has 38 heavy (non-hydrogen) atoms. The quantitative estimate of drug-likeness (QED) is 0.323. The van der Waals surface area contributed by atoms with Crippen molar-refractivity contribution in [1.29, 1.82) is 5.26 Å². The van der Waals surface area contributed by atoms with Gasteiger partial charge in [-0.25, -0.2) is 9.37 Å². The number of nitrogens with zero attached hydrogens (tertiary/aromatic N) is 3. The SMILES string of the molecule is N#Cc1ccccc1-c1ccc(C(=O)NC[C@H]2CCN2C(=O)[C@H](N)CO)c(NCCc2cccc(F)c2)n1. The van der Waals surface area contributed by atoms with Gasteiger partial charge in [0.1, 0.15) is 17.7 Å². The van der Waals surface area contributed by atoms with Crippen LogP contribution in [0.4, 0.5) is 10.2 Å². The highest BCUT2D eigenvalue weighted by Gasteiger charge is 2.34. The number of rotatable bonds is 10. The van der Waals surface area contributed by atoms with Gasteiger partial charge in [-0.15, -0.1) is 0 Å². The molecule has 1 aliphatic heterocycles. The van der Waals surface area contributed by atoms with Crippen molar-refractivity contribution in [2.45, 2.75) is 24.9 Å². The normalized spacial score (nSPS) is 15.2. The number of carbonyl (C=O) groups is 2. The van der Waals surface area contributed by atoms with E-state index in [4.69, 9.17) is 10.8 Å². The molecular weight excluding hydrogens is 487 g/mol. The molecule has 0 aliphatic carbocycles. The van der Waals surface area contributed by atoms with Gasteiger partial charge in [-0.3, -0.25) is 9.59 Å². The summed E-state index contributed by atoms with van der Waals surface area (Å²) in [5.41, 5.74) is 8.37. The van der Waals surface area contributed by atoms with Crippen LogP contribution in [0.25, 0.3) is 11.3 Å². The summed E-state index contributed by atoms with van der Waals surface area (Å²) in [7, 11) is 0. The van der Waals surface area contributed by atoms with E-state index in [1.54, 1.807) is 41.3 Å². The molecule has 4 rings (SSSR count). The predicted octanol–water partition coefficient (Wildman–Crippen LogP) is 2.06. The fraction of sp³-hybridized carbons (Fsp3) is 0.286. The Morgan fingerprint density at radius 2 is 2.03 bits per heavy atom. The molecule has 196 valence electrons. The highest BCUT2D eigenvalue weighted by molar-refractivity contribution is 5.99. The maximum absolute atomic E-state index is 13.6. The number of nitrogens with one attached hydrogen (secondary N) is 2. The van der Waals surface area contributed by atoms with Crippen molar-refractivity contribution < 1.29 is 19.1 Å². The summed E-state index contributed by atoms with van der Waals surface area (Å²) in [6, 6.07) is 17.7. The van der Waals surface area contributed by atoms with E-state index >= 15 is 0 Å². The molecule has 0 unspecified atom stereocenters. The summed E-state index contributed by atoms with van der Waals surface area (Å²) in [5.74, 6) is -0.719. The van der Waals surface area contributed by atoms with Crippen LogP contribution in [0.1, 0.15) is 27.9 Å². The van der Waals surface area contributed by atoms with Gasteiger partial charge in [-0.1, -0.05) is 30.3 Å². The number of hydrogen-bond acceptors (Lipinski definition) is 7. The van der Waals surface area contributed by atoms with Gasteiger partial charge in [0, 0.05) is 25.2 Å². The maximum atomic E-state index is 13.6. The molecule has 9 nitrogen and oxygen atoms in total. The average molecular weight is 517 g/mol. The maximum Gasteiger partial charge on any atom is 0.255 e. The van der Waals surface area contributed by atoms with E-state index in [-0.39, 0.29) is 30.2 Å². The van der Waals surface area contributed by atoms with Crippen LogP contribution in [-0.2, 0) is 11.2 Å². The van der Waals surface area contributed by atoms with Crippen LogP contribution in [0.2, 0.25) is 0 Å². The van der Waals surface area contributed by atoms with Crippen molar-refractivity contribution in [3.8, 4) is 17.3 Å². The first-order chi connectivity index (χ1) is 18.4. The number of nitriles is 1. The molecule has 10 heteroatoms. The van der Waals surface area contributed by atoms with Crippen LogP contribution in [0.3, 0.4) is 0 Å². The first-order valence-corrected chi connectivity index (χ1v) is 12.3. The monoisotopic (exact) mass is 516 g/mol. The van der Waals surface area contributed by atoms with Gasteiger partial charge in [0.15, 0.2) is 0 Å². The van der Waals surface area contributed by atoms with Crippen LogP contribution < -0.4 is 16.4 Å². The van der Waals surface area contributed by atoms with E-state index in [1.807, 2.05) is 12.1 Å². The largest absolute Gasteiger partial charge is 0.394 e. The second-order valence-corrected chi connectivity index (χ2v) is 9.03. The molecule has 5 N–H and O–H groups in total. The van der Waals surface area contributed by atoms with E-state index in [2.05, 4.69) is 21.7 Å². The molecule has 1 aliphatic rings. The zero-order valence-corrected chi connectivity index (χ0v) is 20.7. The third-order valence-electron chi connectivity index (χ3n) is 6.50. The fourth-order valence-electron chi connectivity index (χ4n) is 4.29. The first-order valence-electron chi connectivity index (χ1n) is 12.3. The summed E-state index contributed by atoms with van der Waals surface area (Å²) < 4.78 is 13.6. The van der Waals surface area contributed by atoms with Crippen molar-refractivity contribution in [1.82, 2.24) is 15.2 Å². The molecule has 0 saturated carbocycles. The van der Waals surface area contributed by atoms with Gasteiger partial charge in [0.05, 0.1) is 35.5 Å². The standard InChI is InChI=1S/C28H29FN6O3/c29-20-6-3-4-18(14-20)10-12-32-26-23(8-9-25(34-26)22-7-2-1-5-19(22)15-30)27(37)33-16-21-11-13-35(21)28(38)24(31)17-36/h1-9,14,21,24,36H,10-13,16-17,31H2,(H,32,34)(H,33,37)/t21-,24-/m1/s1. The lowest BCUT2D eigenvalue weighted by Gasteiger charge is -2.42.